The van der Waals surface area contributed by atoms with Gasteiger partial charge in [0.25, 0.3) is 11.5 Å². The summed E-state index contributed by atoms with van der Waals surface area (Å²) in [6, 6.07) is 3.80. The number of ether oxygens (including phenoxy) is 1. The van der Waals surface area contributed by atoms with Crippen LogP contribution in [0.1, 0.15) is 25.9 Å². The van der Waals surface area contributed by atoms with E-state index in [0.29, 0.717) is 28.1 Å². The molecule has 3 aromatic rings. The number of fused-ring (bicyclic) bond motifs is 1. The number of carbonyl (C=O) groups excluding carboxylic acids is 2. The minimum atomic E-state index is -0.635. The number of amides is 1. The molecule has 0 bridgehead atoms. The quantitative estimate of drug-likeness (QED) is 0.664. The van der Waals surface area contributed by atoms with Gasteiger partial charge in [0.15, 0.2) is 6.61 Å². The molecule has 9 heteroatoms. The average Bonchev–Trinajstić information content (AvgIpc) is 3.18. The smallest absolute Gasteiger partial charge is 0.349 e. The molecule has 130 valence electrons. The Labute approximate surface area is 150 Å². The number of nitrogens with zero attached hydrogens (tertiary/aromatic N) is 1. The molecule has 0 atom stereocenters. The Morgan fingerprint density at radius 2 is 2.16 bits per heavy atom. The molecule has 0 aliphatic heterocycles. The molecule has 0 aliphatic carbocycles. The molecule has 0 spiro atoms. The van der Waals surface area contributed by atoms with Crippen LogP contribution in [0, 0.1) is 13.8 Å². The Kier molecular flexibility index (Phi) is 4.95. The van der Waals surface area contributed by atoms with Gasteiger partial charge in [0, 0.05) is 4.88 Å². The first kappa shape index (κ1) is 17.3. The van der Waals surface area contributed by atoms with E-state index < -0.39 is 5.97 Å². The van der Waals surface area contributed by atoms with E-state index in [1.54, 1.807) is 13.8 Å². The number of thiophene rings is 2. The summed E-state index contributed by atoms with van der Waals surface area (Å²) in [6.07, 6.45) is 0. The van der Waals surface area contributed by atoms with E-state index in [-0.39, 0.29) is 23.0 Å². The minimum absolute atomic E-state index is 0.282. The molecule has 0 saturated heterocycles. The van der Waals surface area contributed by atoms with Gasteiger partial charge in [-0.3, -0.25) is 9.59 Å². The Hall–Kier alpha value is -2.52. The number of esters is 1. The van der Waals surface area contributed by atoms with Gasteiger partial charge in [-0.1, -0.05) is 6.07 Å². The second-order valence-electron chi connectivity index (χ2n) is 5.32. The minimum Gasteiger partial charge on any atom is -0.451 e. The summed E-state index contributed by atoms with van der Waals surface area (Å²) >= 11 is 2.62. The summed E-state index contributed by atoms with van der Waals surface area (Å²) in [5.41, 5.74) is 0.224. The normalized spacial score (nSPS) is 10.8. The summed E-state index contributed by atoms with van der Waals surface area (Å²) in [7, 11) is 0. The molecule has 0 aliphatic rings. The number of aromatic amines is 1. The van der Waals surface area contributed by atoms with Crippen LogP contribution >= 0.6 is 22.7 Å². The van der Waals surface area contributed by atoms with Crippen LogP contribution in [0.25, 0.3) is 10.2 Å². The van der Waals surface area contributed by atoms with Gasteiger partial charge in [0.2, 0.25) is 0 Å². The van der Waals surface area contributed by atoms with E-state index in [4.69, 9.17) is 4.74 Å². The molecule has 2 N–H and O–H groups in total. The van der Waals surface area contributed by atoms with Crippen molar-refractivity contribution >= 4 is 44.8 Å². The van der Waals surface area contributed by atoms with Crippen molar-refractivity contribution in [3.8, 4) is 0 Å². The SMILES string of the molecule is Cc1nc2sc(C(=O)OCC(=O)NCc3cccs3)c(C)c2c(=O)[nH]1. The molecule has 0 aromatic carbocycles. The number of carbonyl (C=O) groups is 2. The highest BCUT2D eigenvalue weighted by Crippen LogP contribution is 2.27. The lowest BCUT2D eigenvalue weighted by Crippen LogP contribution is -2.28. The zero-order chi connectivity index (χ0) is 18.0. The summed E-state index contributed by atoms with van der Waals surface area (Å²) in [5, 5.41) is 4.98. The first-order valence-electron chi connectivity index (χ1n) is 7.42. The van der Waals surface area contributed by atoms with Gasteiger partial charge in [0.1, 0.15) is 15.5 Å². The van der Waals surface area contributed by atoms with Crippen LogP contribution in [0.3, 0.4) is 0 Å². The number of H-pyrrole nitrogens is 1. The van der Waals surface area contributed by atoms with Crippen molar-refractivity contribution in [3.05, 3.63) is 49.0 Å². The predicted molar refractivity (Wildman–Crippen MR) is 96.2 cm³/mol. The number of aromatic nitrogens is 2. The van der Waals surface area contributed by atoms with E-state index in [1.807, 2.05) is 17.5 Å². The second kappa shape index (κ2) is 7.16. The first-order chi connectivity index (χ1) is 12.0. The van der Waals surface area contributed by atoms with Crippen LogP contribution < -0.4 is 10.9 Å². The highest BCUT2D eigenvalue weighted by atomic mass is 32.1. The predicted octanol–water partition coefficient (Wildman–Crippen LogP) is 2.14. The molecule has 0 radical (unpaired) electrons. The fraction of sp³-hybridized carbons (Fsp3) is 0.250. The summed E-state index contributed by atoms with van der Waals surface area (Å²) in [4.78, 5) is 44.7. The summed E-state index contributed by atoms with van der Waals surface area (Å²) in [5.74, 6) is -0.539. The molecule has 0 unspecified atom stereocenters. The van der Waals surface area contributed by atoms with Crippen molar-refractivity contribution in [2.45, 2.75) is 20.4 Å². The van der Waals surface area contributed by atoms with Crippen LogP contribution in [0.4, 0.5) is 0 Å². The molecule has 3 aromatic heterocycles. The Morgan fingerprint density at radius 1 is 1.36 bits per heavy atom. The standard InChI is InChI=1S/C16H15N3O4S2/c1-8-12-14(21)18-9(2)19-15(12)25-13(8)16(22)23-7-11(20)17-6-10-4-3-5-24-10/h3-5H,6-7H2,1-2H3,(H,17,20)(H,18,19,21). The highest BCUT2D eigenvalue weighted by molar-refractivity contribution is 7.20. The van der Waals surface area contributed by atoms with Gasteiger partial charge < -0.3 is 15.0 Å². The van der Waals surface area contributed by atoms with Gasteiger partial charge in [-0.05, 0) is 30.9 Å². The number of aryl methyl sites for hydroxylation is 2. The molecular formula is C16H15N3O4S2. The molecular weight excluding hydrogens is 362 g/mol. The zero-order valence-corrected chi connectivity index (χ0v) is 15.2. The largest absolute Gasteiger partial charge is 0.451 e. The van der Waals surface area contributed by atoms with Crippen molar-refractivity contribution in [1.29, 1.82) is 0 Å². The fourth-order valence-corrected chi connectivity index (χ4v) is 4.06. The number of nitrogens with one attached hydrogen (secondary N) is 2. The number of hydrogen-bond donors (Lipinski definition) is 2. The molecule has 3 rings (SSSR count). The van der Waals surface area contributed by atoms with Crippen molar-refractivity contribution in [1.82, 2.24) is 15.3 Å². The summed E-state index contributed by atoms with van der Waals surface area (Å²) < 4.78 is 5.06. The van der Waals surface area contributed by atoms with Crippen molar-refractivity contribution < 1.29 is 14.3 Å². The zero-order valence-electron chi connectivity index (χ0n) is 13.5. The molecule has 7 nitrogen and oxygen atoms in total. The van der Waals surface area contributed by atoms with E-state index in [0.717, 1.165) is 16.2 Å². The maximum Gasteiger partial charge on any atom is 0.349 e. The van der Waals surface area contributed by atoms with Gasteiger partial charge in [-0.2, -0.15) is 0 Å². The van der Waals surface area contributed by atoms with E-state index in [1.165, 1.54) is 11.3 Å². The van der Waals surface area contributed by atoms with Gasteiger partial charge in [-0.15, -0.1) is 22.7 Å². The third kappa shape index (κ3) is 3.77. The Morgan fingerprint density at radius 3 is 2.88 bits per heavy atom. The lowest BCUT2D eigenvalue weighted by Gasteiger charge is -2.05. The maximum atomic E-state index is 12.2. The third-order valence-corrected chi connectivity index (χ3v) is 5.52. The Bertz CT molecular complexity index is 989. The first-order valence-corrected chi connectivity index (χ1v) is 9.11. The van der Waals surface area contributed by atoms with Gasteiger partial charge in [-0.25, -0.2) is 9.78 Å². The monoisotopic (exact) mass is 377 g/mol. The van der Waals surface area contributed by atoms with Gasteiger partial charge in [0.05, 0.1) is 11.9 Å². The van der Waals surface area contributed by atoms with Crippen LogP contribution in [0.5, 0.6) is 0 Å². The van der Waals surface area contributed by atoms with E-state index in [2.05, 4.69) is 15.3 Å². The van der Waals surface area contributed by atoms with Crippen LogP contribution in [0.2, 0.25) is 0 Å². The molecule has 0 saturated carbocycles. The van der Waals surface area contributed by atoms with E-state index >= 15 is 0 Å². The lowest BCUT2D eigenvalue weighted by atomic mass is 10.2. The fourth-order valence-electron chi connectivity index (χ4n) is 2.29. The average molecular weight is 377 g/mol. The molecule has 1 amide bonds. The molecule has 0 fully saturated rings. The maximum absolute atomic E-state index is 12.2. The lowest BCUT2D eigenvalue weighted by molar-refractivity contribution is -0.124. The van der Waals surface area contributed by atoms with Crippen molar-refractivity contribution in [3.63, 3.8) is 0 Å². The van der Waals surface area contributed by atoms with Crippen molar-refractivity contribution in [2.75, 3.05) is 6.61 Å². The summed E-state index contributed by atoms with van der Waals surface area (Å²) in [6.45, 7) is 3.36. The Balaban J connectivity index is 1.66. The number of hydrogen-bond acceptors (Lipinski definition) is 7. The number of rotatable bonds is 5. The third-order valence-electron chi connectivity index (χ3n) is 3.48. The molecule has 25 heavy (non-hydrogen) atoms. The molecule has 3 heterocycles. The topological polar surface area (TPSA) is 101 Å². The van der Waals surface area contributed by atoms with E-state index in [9.17, 15) is 14.4 Å². The van der Waals surface area contributed by atoms with Crippen LogP contribution in [-0.4, -0.2) is 28.5 Å². The highest BCUT2D eigenvalue weighted by Gasteiger charge is 2.20. The van der Waals surface area contributed by atoms with Gasteiger partial charge >= 0.3 is 5.97 Å². The van der Waals surface area contributed by atoms with Crippen LogP contribution in [0.15, 0.2) is 22.3 Å². The van der Waals surface area contributed by atoms with Crippen LogP contribution in [-0.2, 0) is 16.1 Å². The second-order valence-corrected chi connectivity index (χ2v) is 7.35. The van der Waals surface area contributed by atoms with Crippen molar-refractivity contribution in [2.24, 2.45) is 0 Å².